The van der Waals surface area contributed by atoms with Crippen LogP contribution in [0.25, 0.3) is 10.8 Å². The molecule has 0 aliphatic carbocycles. The molecule has 1 nitrogen and oxygen atoms in total. The van der Waals surface area contributed by atoms with E-state index in [0.29, 0.717) is 6.04 Å². The summed E-state index contributed by atoms with van der Waals surface area (Å²) in [6, 6.07) is 15.3. The maximum absolute atomic E-state index is 4.34. The minimum absolute atomic E-state index is 0.331. The molecular formula is C13H15NS. The molecule has 0 radical (unpaired) electrons. The van der Waals surface area contributed by atoms with Crippen molar-refractivity contribution in [3.05, 3.63) is 48.0 Å². The molecule has 2 aromatic carbocycles. The highest BCUT2D eigenvalue weighted by Crippen LogP contribution is 2.20. The van der Waals surface area contributed by atoms with Crippen LogP contribution in [0.4, 0.5) is 0 Å². The summed E-state index contributed by atoms with van der Waals surface area (Å²) in [5, 5.41) is 5.83. The van der Waals surface area contributed by atoms with Gasteiger partial charge in [-0.25, -0.2) is 0 Å². The fraction of sp³-hybridized carbons (Fsp3) is 0.231. The van der Waals surface area contributed by atoms with E-state index in [1.165, 1.54) is 16.3 Å². The Morgan fingerprint density at radius 2 is 1.87 bits per heavy atom. The van der Waals surface area contributed by atoms with E-state index in [1.807, 2.05) is 7.05 Å². The maximum atomic E-state index is 4.34. The smallest absolute Gasteiger partial charge is 0.0407 e. The van der Waals surface area contributed by atoms with Crippen molar-refractivity contribution in [1.29, 1.82) is 0 Å². The van der Waals surface area contributed by atoms with Crippen molar-refractivity contribution < 1.29 is 0 Å². The Balaban J connectivity index is 2.46. The lowest BCUT2D eigenvalue weighted by atomic mass is 10.0. The predicted octanol–water partition coefficient (Wildman–Crippen LogP) is 3.03. The summed E-state index contributed by atoms with van der Waals surface area (Å²) in [5.41, 5.74) is 1.30. The molecule has 1 unspecified atom stereocenters. The van der Waals surface area contributed by atoms with Gasteiger partial charge in [0.05, 0.1) is 0 Å². The number of nitrogens with one attached hydrogen (secondary N) is 1. The number of benzene rings is 2. The van der Waals surface area contributed by atoms with Crippen LogP contribution in [0.3, 0.4) is 0 Å². The maximum Gasteiger partial charge on any atom is 0.0407 e. The summed E-state index contributed by atoms with van der Waals surface area (Å²) in [7, 11) is 1.97. The zero-order valence-electron chi connectivity index (χ0n) is 8.77. The topological polar surface area (TPSA) is 12.0 Å². The Morgan fingerprint density at radius 3 is 2.53 bits per heavy atom. The number of fused-ring (bicyclic) bond motifs is 1. The third-order valence-electron chi connectivity index (χ3n) is 2.71. The zero-order valence-corrected chi connectivity index (χ0v) is 9.67. The normalized spacial score (nSPS) is 12.9. The van der Waals surface area contributed by atoms with E-state index in [9.17, 15) is 0 Å². The number of rotatable bonds is 3. The lowest BCUT2D eigenvalue weighted by Gasteiger charge is -2.14. The van der Waals surface area contributed by atoms with E-state index >= 15 is 0 Å². The van der Waals surface area contributed by atoms with E-state index < -0.39 is 0 Å². The van der Waals surface area contributed by atoms with Gasteiger partial charge in [-0.15, -0.1) is 0 Å². The summed E-state index contributed by atoms with van der Waals surface area (Å²) in [4.78, 5) is 0. The van der Waals surface area contributed by atoms with E-state index in [2.05, 4.69) is 60.4 Å². The Hall–Kier alpha value is -0.990. The molecule has 2 aromatic rings. The highest BCUT2D eigenvalue weighted by molar-refractivity contribution is 7.80. The molecule has 0 saturated carbocycles. The molecule has 1 atom stereocenters. The molecule has 2 heteroatoms. The molecule has 1 N–H and O–H groups in total. The van der Waals surface area contributed by atoms with Crippen molar-refractivity contribution >= 4 is 23.4 Å². The molecule has 15 heavy (non-hydrogen) atoms. The van der Waals surface area contributed by atoms with Crippen LogP contribution in [0.2, 0.25) is 0 Å². The van der Waals surface area contributed by atoms with Crippen molar-refractivity contribution in [1.82, 2.24) is 5.32 Å². The van der Waals surface area contributed by atoms with Crippen molar-refractivity contribution in [2.75, 3.05) is 12.8 Å². The van der Waals surface area contributed by atoms with Crippen LogP contribution >= 0.6 is 12.6 Å². The van der Waals surface area contributed by atoms with Crippen LogP contribution in [0.15, 0.2) is 42.5 Å². The monoisotopic (exact) mass is 217 g/mol. The average molecular weight is 217 g/mol. The fourth-order valence-corrected chi connectivity index (χ4v) is 2.18. The summed E-state index contributed by atoms with van der Waals surface area (Å²) in [6.45, 7) is 0. The van der Waals surface area contributed by atoms with Gasteiger partial charge >= 0.3 is 0 Å². The third-order valence-corrected chi connectivity index (χ3v) is 3.07. The molecule has 0 bridgehead atoms. The largest absolute Gasteiger partial charge is 0.312 e. The van der Waals surface area contributed by atoms with Gasteiger partial charge < -0.3 is 5.32 Å². The lowest BCUT2D eigenvalue weighted by Crippen LogP contribution is -2.17. The molecule has 2 rings (SSSR count). The summed E-state index contributed by atoms with van der Waals surface area (Å²) < 4.78 is 0. The van der Waals surface area contributed by atoms with Gasteiger partial charge in [0, 0.05) is 11.8 Å². The Bertz CT molecular complexity index is 449. The van der Waals surface area contributed by atoms with Crippen molar-refractivity contribution in [3.8, 4) is 0 Å². The van der Waals surface area contributed by atoms with Crippen LogP contribution in [-0.2, 0) is 0 Å². The van der Waals surface area contributed by atoms with Crippen molar-refractivity contribution in [3.63, 3.8) is 0 Å². The van der Waals surface area contributed by atoms with E-state index in [0.717, 1.165) is 5.75 Å². The molecule has 0 spiro atoms. The van der Waals surface area contributed by atoms with Gasteiger partial charge in [0.25, 0.3) is 0 Å². The highest BCUT2D eigenvalue weighted by atomic mass is 32.1. The number of hydrogen-bond acceptors (Lipinski definition) is 2. The number of hydrogen-bond donors (Lipinski definition) is 2. The standard InChI is InChI=1S/C13H15NS/c1-14-13(9-15)12-7-6-10-4-2-3-5-11(10)8-12/h2-8,13-15H,9H2,1H3. The predicted molar refractivity (Wildman–Crippen MR) is 69.6 cm³/mol. The summed E-state index contributed by atoms with van der Waals surface area (Å²) >= 11 is 4.34. The number of thiol groups is 1. The van der Waals surface area contributed by atoms with Crippen molar-refractivity contribution in [2.24, 2.45) is 0 Å². The minimum Gasteiger partial charge on any atom is -0.312 e. The molecule has 0 aliphatic heterocycles. The molecule has 0 aliphatic rings. The van der Waals surface area contributed by atoms with Crippen LogP contribution in [0.1, 0.15) is 11.6 Å². The van der Waals surface area contributed by atoms with Crippen LogP contribution in [0, 0.1) is 0 Å². The van der Waals surface area contributed by atoms with Crippen LogP contribution in [0.5, 0.6) is 0 Å². The minimum atomic E-state index is 0.331. The lowest BCUT2D eigenvalue weighted by molar-refractivity contribution is 0.664. The summed E-state index contributed by atoms with van der Waals surface area (Å²) in [6.07, 6.45) is 0. The Morgan fingerprint density at radius 1 is 1.13 bits per heavy atom. The van der Waals surface area contributed by atoms with E-state index in [-0.39, 0.29) is 0 Å². The zero-order chi connectivity index (χ0) is 10.7. The van der Waals surface area contributed by atoms with E-state index in [1.54, 1.807) is 0 Å². The highest BCUT2D eigenvalue weighted by Gasteiger charge is 2.06. The fourth-order valence-electron chi connectivity index (χ4n) is 1.79. The van der Waals surface area contributed by atoms with Gasteiger partial charge in [-0.3, -0.25) is 0 Å². The second kappa shape index (κ2) is 4.69. The van der Waals surface area contributed by atoms with Crippen LogP contribution < -0.4 is 5.32 Å². The van der Waals surface area contributed by atoms with Gasteiger partial charge in [0.2, 0.25) is 0 Å². The first-order valence-corrected chi connectivity index (χ1v) is 5.75. The average Bonchev–Trinajstić information content (AvgIpc) is 2.30. The van der Waals surface area contributed by atoms with Crippen molar-refractivity contribution in [2.45, 2.75) is 6.04 Å². The van der Waals surface area contributed by atoms with Crippen LogP contribution in [-0.4, -0.2) is 12.8 Å². The molecule has 0 fully saturated rings. The van der Waals surface area contributed by atoms with Gasteiger partial charge in [-0.1, -0.05) is 36.4 Å². The second-order valence-electron chi connectivity index (χ2n) is 3.63. The van der Waals surface area contributed by atoms with Gasteiger partial charge in [0.1, 0.15) is 0 Å². The third kappa shape index (κ3) is 2.16. The molecular weight excluding hydrogens is 202 g/mol. The SMILES string of the molecule is CNC(CS)c1ccc2ccccc2c1. The molecule has 0 amide bonds. The first-order chi connectivity index (χ1) is 7.35. The quantitative estimate of drug-likeness (QED) is 0.753. The molecule has 0 saturated heterocycles. The Labute approximate surface area is 95.9 Å². The van der Waals surface area contributed by atoms with E-state index in [4.69, 9.17) is 0 Å². The summed E-state index contributed by atoms with van der Waals surface area (Å²) in [5.74, 6) is 0.814. The molecule has 78 valence electrons. The first kappa shape index (κ1) is 10.5. The Kier molecular flexibility index (Phi) is 3.29. The first-order valence-electron chi connectivity index (χ1n) is 5.12. The van der Waals surface area contributed by atoms with Gasteiger partial charge in [-0.2, -0.15) is 12.6 Å². The van der Waals surface area contributed by atoms with Gasteiger partial charge in [0.15, 0.2) is 0 Å². The second-order valence-corrected chi connectivity index (χ2v) is 4.00. The van der Waals surface area contributed by atoms with Gasteiger partial charge in [-0.05, 0) is 29.4 Å². The molecule has 0 aromatic heterocycles. The molecule has 0 heterocycles.